The van der Waals surface area contributed by atoms with Crippen molar-refractivity contribution in [1.29, 1.82) is 0 Å². The molecular formula is C18H26O4. The Hall–Kier alpha value is -1.32. The van der Waals surface area contributed by atoms with E-state index >= 15 is 0 Å². The molecule has 22 heavy (non-hydrogen) atoms. The minimum atomic E-state index is -0.310. The molecule has 4 nitrogen and oxygen atoms in total. The molecule has 2 bridgehead atoms. The van der Waals surface area contributed by atoms with E-state index in [1.807, 2.05) is 6.92 Å². The van der Waals surface area contributed by atoms with Crippen LogP contribution in [0.25, 0.3) is 0 Å². The largest absolute Gasteiger partial charge is 0.465 e. The van der Waals surface area contributed by atoms with Gasteiger partial charge in [0.1, 0.15) is 0 Å². The zero-order valence-electron chi connectivity index (χ0n) is 13.3. The second kappa shape index (κ2) is 6.43. The fourth-order valence-electron chi connectivity index (χ4n) is 5.35. The number of esters is 2. The van der Waals surface area contributed by atoms with E-state index in [0.717, 1.165) is 24.2 Å². The second-order valence-corrected chi connectivity index (χ2v) is 7.10. The Labute approximate surface area is 132 Å². The van der Waals surface area contributed by atoms with Gasteiger partial charge in [0.05, 0.1) is 13.2 Å². The van der Waals surface area contributed by atoms with Crippen molar-refractivity contribution < 1.29 is 19.1 Å². The lowest BCUT2D eigenvalue weighted by molar-refractivity contribution is -0.145. The third-order valence-electron chi connectivity index (χ3n) is 6.14. The van der Waals surface area contributed by atoms with Gasteiger partial charge >= 0.3 is 11.9 Å². The van der Waals surface area contributed by atoms with Crippen LogP contribution in [0, 0.1) is 35.5 Å². The van der Waals surface area contributed by atoms with Crippen molar-refractivity contribution in [2.24, 2.45) is 35.5 Å². The fourth-order valence-corrected chi connectivity index (χ4v) is 5.35. The van der Waals surface area contributed by atoms with Gasteiger partial charge in [0, 0.05) is 12.5 Å². The SMILES string of the molecule is C=CC(=O)OCC1CC2CC1C1CCC(COC(=O)CC)C21. The molecule has 3 aliphatic carbocycles. The van der Waals surface area contributed by atoms with Gasteiger partial charge in [0.15, 0.2) is 0 Å². The molecule has 0 aromatic heterocycles. The number of hydrogen-bond donors (Lipinski definition) is 0. The Balaban J connectivity index is 1.54. The van der Waals surface area contributed by atoms with Crippen molar-refractivity contribution in [2.75, 3.05) is 13.2 Å². The fraction of sp³-hybridized carbons (Fsp3) is 0.778. The van der Waals surface area contributed by atoms with Gasteiger partial charge in [-0.2, -0.15) is 0 Å². The minimum absolute atomic E-state index is 0.0826. The molecule has 3 saturated carbocycles. The molecule has 0 aromatic rings. The van der Waals surface area contributed by atoms with Gasteiger partial charge in [-0.3, -0.25) is 4.79 Å². The Morgan fingerprint density at radius 2 is 1.86 bits per heavy atom. The summed E-state index contributed by atoms with van der Waals surface area (Å²) in [6, 6.07) is 0. The number of ether oxygens (including phenoxy) is 2. The van der Waals surface area contributed by atoms with Gasteiger partial charge in [0.25, 0.3) is 0 Å². The first-order valence-electron chi connectivity index (χ1n) is 8.58. The zero-order chi connectivity index (χ0) is 15.7. The first kappa shape index (κ1) is 15.6. The Morgan fingerprint density at radius 3 is 2.59 bits per heavy atom. The Morgan fingerprint density at radius 1 is 1.09 bits per heavy atom. The molecule has 0 aliphatic heterocycles. The number of rotatable bonds is 6. The van der Waals surface area contributed by atoms with Gasteiger partial charge in [-0.1, -0.05) is 13.5 Å². The predicted molar refractivity (Wildman–Crippen MR) is 81.8 cm³/mol. The lowest BCUT2D eigenvalue weighted by Crippen LogP contribution is -2.31. The second-order valence-electron chi connectivity index (χ2n) is 7.10. The van der Waals surface area contributed by atoms with Gasteiger partial charge in [0.2, 0.25) is 0 Å². The molecule has 0 aromatic carbocycles. The standard InChI is InChI=1S/C18H26O4/c1-3-16(19)21-9-11-5-6-14-15-8-12(18(11)14)7-13(15)10-22-17(20)4-2/h4,11-15,18H,2-3,5-10H2,1H3. The summed E-state index contributed by atoms with van der Waals surface area (Å²) >= 11 is 0. The third-order valence-corrected chi connectivity index (χ3v) is 6.14. The highest BCUT2D eigenvalue weighted by molar-refractivity contribution is 5.81. The quantitative estimate of drug-likeness (QED) is 0.559. The molecule has 0 N–H and O–H groups in total. The van der Waals surface area contributed by atoms with Crippen LogP contribution in [0.4, 0.5) is 0 Å². The normalized spacial score (nSPS) is 38.6. The van der Waals surface area contributed by atoms with E-state index in [2.05, 4.69) is 6.58 Å². The summed E-state index contributed by atoms with van der Waals surface area (Å²) in [5.41, 5.74) is 0. The smallest absolute Gasteiger partial charge is 0.330 e. The van der Waals surface area contributed by atoms with E-state index < -0.39 is 0 Å². The van der Waals surface area contributed by atoms with Crippen LogP contribution in [-0.4, -0.2) is 25.2 Å². The lowest BCUT2D eigenvalue weighted by Gasteiger charge is -2.33. The first-order chi connectivity index (χ1) is 10.6. The topological polar surface area (TPSA) is 52.6 Å². The molecule has 3 aliphatic rings. The number of hydrogen-bond acceptors (Lipinski definition) is 4. The van der Waals surface area contributed by atoms with Crippen molar-refractivity contribution >= 4 is 11.9 Å². The molecule has 6 atom stereocenters. The summed E-state index contributed by atoms with van der Waals surface area (Å²) in [6.07, 6.45) is 6.55. The van der Waals surface area contributed by atoms with E-state index in [-0.39, 0.29) is 11.9 Å². The average molecular weight is 306 g/mol. The molecule has 122 valence electrons. The molecule has 0 heterocycles. The number of carbonyl (C=O) groups is 2. The minimum Gasteiger partial charge on any atom is -0.465 e. The van der Waals surface area contributed by atoms with E-state index in [0.29, 0.717) is 37.4 Å². The Kier molecular flexibility index (Phi) is 4.55. The summed E-state index contributed by atoms with van der Waals surface area (Å²) in [4.78, 5) is 22.6. The van der Waals surface area contributed by atoms with Crippen molar-refractivity contribution in [3.8, 4) is 0 Å². The van der Waals surface area contributed by atoms with Gasteiger partial charge in [-0.25, -0.2) is 4.79 Å². The van der Waals surface area contributed by atoms with Crippen LogP contribution in [0.5, 0.6) is 0 Å². The van der Waals surface area contributed by atoms with Crippen LogP contribution >= 0.6 is 0 Å². The van der Waals surface area contributed by atoms with E-state index in [4.69, 9.17) is 9.47 Å². The van der Waals surface area contributed by atoms with Crippen LogP contribution in [0.2, 0.25) is 0 Å². The highest BCUT2D eigenvalue weighted by atomic mass is 16.5. The zero-order valence-corrected chi connectivity index (χ0v) is 13.3. The summed E-state index contributed by atoms with van der Waals surface area (Å²) in [7, 11) is 0. The third kappa shape index (κ3) is 2.80. The van der Waals surface area contributed by atoms with E-state index in [9.17, 15) is 9.59 Å². The Bertz CT molecular complexity index is 458. The summed E-state index contributed by atoms with van der Waals surface area (Å²) in [5, 5.41) is 0. The summed E-state index contributed by atoms with van der Waals surface area (Å²) in [6.45, 7) is 6.43. The van der Waals surface area contributed by atoms with Crippen LogP contribution in [0.1, 0.15) is 39.0 Å². The van der Waals surface area contributed by atoms with Gasteiger partial charge in [-0.15, -0.1) is 0 Å². The van der Waals surface area contributed by atoms with Crippen LogP contribution in [0.15, 0.2) is 12.7 Å². The maximum Gasteiger partial charge on any atom is 0.330 e. The molecule has 0 amide bonds. The van der Waals surface area contributed by atoms with Crippen LogP contribution < -0.4 is 0 Å². The average Bonchev–Trinajstić information content (AvgIpc) is 3.21. The number of fused-ring (bicyclic) bond motifs is 5. The summed E-state index contributed by atoms with van der Waals surface area (Å²) < 4.78 is 10.7. The maximum atomic E-state index is 11.4. The van der Waals surface area contributed by atoms with Gasteiger partial charge < -0.3 is 9.47 Å². The molecule has 4 heteroatoms. The maximum absolute atomic E-state index is 11.4. The highest BCUT2D eigenvalue weighted by Gasteiger charge is 2.57. The first-order valence-corrected chi connectivity index (χ1v) is 8.58. The van der Waals surface area contributed by atoms with E-state index in [1.54, 1.807) is 0 Å². The molecule has 0 radical (unpaired) electrons. The predicted octanol–water partition coefficient (Wildman–Crippen LogP) is 2.97. The van der Waals surface area contributed by atoms with Crippen molar-refractivity contribution in [1.82, 2.24) is 0 Å². The highest BCUT2D eigenvalue weighted by Crippen LogP contribution is 2.62. The summed E-state index contributed by atoms with van der Waals surface area (Å²) in [5.74, 6) is 3.57. The van der Waals surface area contributed by atoms with Crippen LogP contribution in [0.3, 0.4) is 0 Å². The van der Waals surface area contributed by atoms with Crippen molar-refractivity contribution in [3.05, 3.63) is 12.7 Å². The molecule has 0 spiro atoms. The molecular weight excluding hydrogens is 280 g/mol. The van der Waals surface area contributed by atoms with E-state index in [1.165, 1.54) is 25.3 Å². The lowest BCUT2D eigenvalue weighted by atomic mass is 9.73. The monoisotopic (exact) mass is 306 g/mol. The molecule has 6 unspecified atom stereocenters. The molecule has 3 fully saturated rings. The molecule has 0 saturated heterocycles. The van der Waals surface area contributed by atoms with Crippen molar-refractivity contribution in [3.63, 3.8) is 0 Å². The molecule has 3 rings (SSSR count). The number of carbonyl (C=O) groups excluding carboxylic acids is 2. The van der Waals surface area contributed by atoms with Crippen molar-refractivity contribution in [2.45, 2.75) is 39.0 Å². The van der Waals surface area contributed by atoms with Gasteiger partial charge in [-0.05, 0) is 61.2 Å². The van der Waals surface area contributed by atoms with Crippen LogP contribution in [-0.2, 0) is 19.1 Å².